The van der Waals surface area contributed by atoms with Crippen LogP contribution in [0.4, 0.5) is 0 Å². The molecule has 0 saturated heterocycles. The van der Waals surface area contributed by atoms with E-state index in [4.69, 9.17) is 4.74 Å². The number of hydrogen-bond donors (Lipinski definition) is 2. The van der Waals surface area contributed by atoms with E-state index >= 15 is 0 Å². The summed E-state index contributed by atoms with van der Waals surface area (Å²) in [5, 5.41) is 12.2. The molecule has 4 heteroatoms. The van der Waals surface area contributed by atoms with Crippen molar-refractivity contribution in [3.8, 4) is 0 Å². The van der Waals surface area contributed by atoms with Gasteiger partial charge >= 0.3 is 0 Å². The van der Waals surface area contributed by atoms with Crippen LogP contribution in [-0.4, -0.2) is 36.4 Å². The van der Waals surface area contributed by atoms with E-state index in [0.29, 0.717) is 25.5 Å². The van der Waals surface area contributed by atoms with Crippen molar-refractivity contribution in [2.45, 2.75) is 46.3 Å². The molecule has 0 bridgehead atoms. The number of nitrogens with one attached hydrogen (secondary N) is 1. The summed E-state index contributed by atoms with van der Waals surface area (Å²) in [7, 11) is 0. The zero-order valence-corrected chi connectivity index (χ0v) is 10.1. The van der Waals surface area contributed by atoms with Crippen molar-refractivity contribution < 1.29 is 14.6 Å². The Hall–Kier alpha value is -0.610. The van der Waals surface area contributed by atoms with Gasteiger partial charge in [0.05, 0.1) is 6.10 Å². The number of ether oxygens (including phenoxy) is 1. The highest BCUT2D eigenvalue weighted by Crippen LogP contribution is 2.03. The monoisotopic (exact) mass is 217 g/mol. The molecule has 0 aliphatic rings. The molecule has 2 N–H and O–H groups in total. The van der Waals surface area contributed by atoms with Gasteiger partial charge in [0.1, 0.15) is 6.10 Å². The second-order valence-electron chi connectivity index (χ2n) is 4.13. The minimum absolute atomic E-state index is 0.167. The van der Waals surface area contributed by atoms with Crippen molar-refractivity contribution in [2.24, 2.45) is 5.92 Å². The van der Waals surface area contributed by atoms with E-state index < -0.39 is 12.2 Å². The Morgan fingerprint density at radius 3 is 2.47 bits per heavy atom. The summed E-state index contributed by atoms with van der Waals surface area (Å²) >= 11 is 0. The average Bonchev–Trinajstić information content (AvgIpc) is 2.13. The Morgan fingerprint density at radius 2 is 2.00 bits per heavy atom. The Morgan fingerprint density at radius 1 is 1.40 bits per heavy atom. The maximum atomic E-state index is 11.4. The number of hydrogen-bond acceptors (Lipinski definition) is 3. The Bertz CT molecular complexity index is 183. The van der Waals surface area contributed by atoms with Crippen molar-refractivity contribution in [1.29, 1.82) is 0 Å². The third kappa shape index (κ3) is 7.33. The maximum Gasteiger partial charge on any atom is 0.248 e. The van der Waals surface area contributed by atoms with E-state index in [1.165, 1.54) is 0 Å². The second kappa shape index (κ2) is 7.65. The van der Waals surface area contributed by atoms with Crippen molar-refractivity contribution in [1.82, 2.24) is 5.32 Å². The lowest BCUT2D eigenvalue weighted by Gasteiger charge is -2.16. The molecule has 0 saturated carbocycles. The van der Waals surface area contributed by atoms with Crippen molar-refractivity contribution >= 4 is 5.91 Å². The van der Waals surface area contributed by atoms with Crippen LogP contribution >= 0.6 is 0 Å². The summed E-state index contributed by atoms with van der Waals surface area (Å²) in [5.74, 6) is 0.265. The van der Waals surface area contributed by atoms with Crippen LogP contribution in [0.25, 0.3) is 0 Å². The quantitative estimate of drug-likeness (QED) is 0.667. The minimum atomic E-state index is -0.470. The zero-order chi connectivity index (χ0) is 11.8. The van der Waals surface area contributed by atoms with Crippen LogP contribution in [0.1, 0.15) is 34.1 Å². The molecule has 15 heavy (non-hydrogen) atoms. The first kappa shape index (κ1) is 14.4. The van der Waals surface area contributed by atoms with E-state index in [0.717, 1.165) is 0 Å². The molecule has 0 aromatic rings. The first-order valence-corrected chi connectivity index (χ1v) is 5.54. The van der Waals surface area contributed by atoms with Gasteiger partial charge in [-0.2, -0.15) is 0 Å². The van der Waals surface area contributed by atoms with Crippen LogP contribution in [0.15, 0.2) is 0 Å². The zero-order valence-electron chi connectivity index (χ0n) is 10.1. The maximum absolute atomic E-state index is 11.4. The van der Waals surface area contributed by atoms with Gasteiger partial charge in [0.25, 0.3) is 0 Å². The molecular weight excluding hydrogens is 194 g/mol. The third-order valence-electron chi connectivity index (χ3n) is 2.04. The first-order valence-electron chi connectivity index (χ1n) is 5.54. The summed E-state index contributed by atoms with van der Waals surface area (Å²) < 4.78 is 5.12. The van der Waals surface area contributed by atoms with Crippen LogP contribution in [0.2, 0.25) is 0 Å². The van der Waals surface area contributed by atoms with Gasteiger partial charge < -0.3 is 15.2 Å². The largest absolute Gasteiger partial charge is 0.391 e. The fourth-order valence-electron chi connectivity index (χ4n) is 1.32. The van der Waals surface area contributed by atoms with Gasteiger partial charge in [-0.25, -0.2) is 0 Å². The Labute approximate surface area is 92.0 Å². The van der Waals surface area contributed by atoms with Gasteiger partial charge in [-0.3, -0.25) is 4.79 Å². The van der Waals surface area contributed by atoms with Crippen LogP contribution in [0.5, 0.6) is 0 Å². The number of carbonyl (C=O) groups is 1. The average molecular weight is 217 g/mol. The Kier molecular flexibility index (Phi) is 7.34. The number of aliphatic hydroxyl groups excluding tert-OH is 1. The lowest BCUT2D eigenvalue weighted by Crippen LogP contribution is -2.39. The summed E-state index contributed by atoms with van der Waals surface area (Å²) in [4.78, 5) is 11.4. The van der Waals surface area contributed by atoms with Crippen LogP contribution in [0, 0.1) is 5.92 Å². The molecule has 1 amide bonds. The van der Waals surface area contributed by atoms with Gasteiger partial charge in [-0.15, -0.1) is 0 Å². The molecule has 0 aromatic carbocycles. The smallest absolute Gasteiger partial charge is 0.248 e. The standard InChI is InChI=1S/C11H23NO3/c1-5-15-9(4)11(14)12-7-10(13)6-8(2)3/h8-10,13H,5-7H2,1-4H3,(H,12,14). The van der Waals surface area contributed by atoms with Gasteiger partial charge in [0, 0.05) is 13.2 Å². The predicted octanol–water partition coefficient (Wildman–Crippen LogP) is 0.935. The van der Waals surface area contributed by atoms with Crippen molar-refractivity contribution in [3.05, 3.63) is 0 Å². The highest BCUT2D eigenvalue weighted by molar-refractivity contribution is 5.80. The molecule has 0 radical (unpaired) electrons. The molecule has 2 atom stereocenters. The molecule has 0 spiro atoms. The molecular formula is C11H23NO3. The fraction of sp³-hybridized carbons (Fsp3) is 0.909. The lowest BCUT2D eigenvalue weighted by molar-refractivity contribution is -0.131. The summed E-state index contributed by atoms with van der Waals surface area (Å²) in [6, 6.07) is 0. The van der Waals surface area contributed by atoms with Crippen molar-refractivity contribution in [2.75, 3.05) is 13.2 Å². The topological polar surface area (TPSA) is 58.6 Å². The summed E-state index contributed by atoms with van der Waals surface area (Å²) in [6.45, 7) is 8.43. The molecule has 4 nitrogen and oxygen atoms in total. The molecule has 0 rings (SSSR count). The molecule has 0 aliphatic heterocycles. The molecule has 2 unspecified atom stereocenters. The normalized spacial score (nSPS) is 15.1. The highest BCUT2D eigenvalue weighted by atomic mass is 16.5. The van der Waals surface area contributed by atoms with Crippen LogP contribution in [-0.2, 0) is 9.53 Å². The molecule has 0 aliphatic carbocycles. The van der Waals surface area contributed by atoms with Crippen molar-refractivity contribution in [3.63, 3.8) is 0 Å². The lowest BCUT2D eigenvalue weighted by atomic mass is 10.1. The number of carbonyl (C=O) groups excluding carboxylic acids is 1. The summed E-state index contributed by atoms with van der Waals surface area (Å²) in [5.41, 5.74) is 0. The van der Waals surface area contributed by atoms with Gasteiger partial charge in [0.15, 0.2) is 0 Å². The number of aliphatic hydroxyl groups is 1. The van der Waals surface area contributed by atoms with E-state index in [2.05, 4.69) is 5.32 Å². The van der Waals surface area contributed by atoms with Gasteiger partial charge in [-0.05, 0) is 26.2 Å². The SMILES string of the molecule is CCOC(C)C(=O)NCC(O)CC(C)C. The molecule has 0 heterocycles. The third-order valence-corrected chi connectivity index (χ3v) is 2.04. The number of rotatable bonds is 7. The van der Waals surface area contributed by atoms with Crippen LogP contribution < -0.4 is 5.32 Å². The van der Waals surface area contributed by atoms with Gasteiger partial charge in [-0.1, -0.05) is 13.8 Å². The molecule has 0 aromatic heterocycles. The van der Waals surface area contributed by atoms with E-state index in [1.54, 1.807) is 6.92 Å². The van der Waals surface area contributed by atoms with E-state index in [9.17, 15) is 9.90 Å². The predicted molar refractivity (Wildman–Crippen MR) is 59.6 cm³/mol. The molecule has 0 fully saturated rings. The Balaban J connectivity index is 3.70. The fourth-order valence-corrected chi connectivity index (χ4v) is 1.32. The number of amides is 1. The summed E-state index contributed by atoms with van der Waals surface area (Å²) in [6.07, 6.45) is -0.215. The second-order valence-corrected chi connectivity index (χ2v) is 4.13. The van der Waals surface area contributed by atoms with Gasteiger partial charge in [0.2, 0.25) is 5.91 Å². The van der Waals surface area contributed by atoms with Crippen LogP contribution in [0.3, 0.4) is 0 Å². The van der Waals surface area contributed by atoms with E-state index in [1.807, 2.05) is 20.8 Å². The highest BCUT2D eigenvalue weighted by Gasteiger charge is 2.14. The first-order chi connectivity index (χ1) is 6.97. The molecule has 90 valence electrons. The minimum Gasteiger partial charge on any atom is -0.391 e. The van der Waals surface area contributed by atoms with E-state index in [-0.39, 0.29) is 5.91 Å².